The molecule has 0 radical (unpaired) electrons. The van der Waals surface area contributed by atoms with Crippen LogP contribution < -0.4 is 5.32 Å². The summed E-state index contributed by atoms with van der Waals surface area (Å²) < 4.78 is 19.2. The summed E-state index contributed by atoms with van der Waals surface area (Å²) in [5.74, 6) is -0.758. The van der Waals surface area contributed by atoms with Gasteiger partial charge in [-0.25, -0.2) is 14.2 Å². The fourth-order valence-corrected chi connectivity index (χ4v) is 2.97. The van der Waals surface area contributed by atoms with E-state index in [1.54, 1.807) is 32.2 Å². The first-order chi connectivity index (χ1) is 12.8. The van der Waals surface area contributed by atoms with Crippen molar-refractivity contribution in [2.45, 2.75) is 39.7 Å². The number of nitrogens with one attached hydrogen (secondary N) is 1. The summed E-state index contributed by atoms with van der Waals surface area (Å²) in [4.78, 5) is 16.8. The Bertz CT molecular complexity index is 820. The number of aromatic nitrogens is 1. The lowest BCUT2D eigenvalue weighted by Gasteiger charge is -2.17. The van der Waals surface area contributed by atoms with Crippen molar-refractivity contribution in [1.29, 1.82) is 0 Å². The maximum Gasteiger partial charge on any atom is 0.359 e. The van der Waals surface area contributed by atoms with Crippen molar-refractivity contribution < 1.29 is 13.9 Å². The first-order valence-electron chi connectivity index (χ1n) is 8.85. The second-order valence-corrected chi connectivity index (χ2v) is 7.33. The zero-order valence-corrected chi connectivity index (χ0v) is 17.4. The maximum absolute atomic E-state index is 13.1. The second kappa shape index (κ2) is 9.65. The van der Waals surface area contributed by atoms with E-state index in [1.807, 2.05) is 6.92 Å². The molecule has 0 aliphatic carbocycles. The Labute approximate surface area is 168 Å². The number of esters is 1. The molecule has 0 saturated heterocycles. The predicted molar refractivity (Wildman–Crippen MR) is 110 cm³/mol. The third-order valence-electron chi connectivity index (χ3n) is 3.95. The molecule has 2 aromatic rings. The molecule has 0 bridgehead atoms. The zero-order valence-electron chi connectivity index (χ0n) is 15.8. The summed E-state index contributed by atoms with van der Waals surface area (Å²) in [6, 6.07) is 6.31. The summed E-state index contributed by atoms with van der Waals surface area (Å²) in [6.45, 7) is 10.1. The number of hydrogen-bond donors (Lipinski definition) is 1. The number of pyridine rings is 1. The quantitative estimate of drug-likeness (QED) is 0.439. The predicted octanol–water partition coefficient (Wildman–Crippen LogP) is 5.52. The van der Waals surface area contributed by atoms with Gasteiger partial charge in [-0.05, 0) is 59.5 Å². The number of anilines is 1. The summed E-state index contributed by atoms with van der Waals surface area (Å²) in [5.41, 5.74) is 3.64. The van der Waals surface area contributed by atoms with Crippen molar-refractivity contribution in [2.24, 2.45) is 0 Å². The first kappa shape index (κ1) is 21.1. The number of ether oxygens (including phenoxy) is 1. The number of benzene rings is 1. The largest absolute Gasteiger partial charge is 0.458 e. The Morgan fingerprint density at radius 3 is 2.59 bits per heavy atom. The van der Waals surface area contributed by atoms with Gasteiger partial charge in [-0.2, -0.15) is 0 Å². The molecule has 2 rings (SSSR count). The lowest BCUT2D eigenvalue weighted by molar-refractivity contribution is 0.0372. The molecule has 0 amide bonds. The number of carbonyl (C=O) groups is 1. The summed E-state index contributed by atoms with van der Waals surface area (Å²) in [7, 11) is 0. The minimum atomic E-state index is -0.483. The summed E-state index contributed by atoms with van der Waals surface area (Å²) >= 11 is 3.60. The van der Waals surface area contributed by atoms with Gasteiger partial charge < -0.3 is 10.1 Å². The van der Waals surface area contributed by atoms with Gasteiger partial charge in [-0.15, -0.1) is 0 Å². The zero-order chi connectivity index (χ0) is 20.0. The van der Waals surface area contributed by atoms with Crippen LogP contribution in [0.25, 0.3) is 0 Å². The highest BCUT2D eigenvalue weighted by Gasteiger charge is 2.21. The van der Waals surface area contributed by atoms with E-state index >= 15 is 0 Å². The van der Waals surface area contributed by atoms with Crippen LogP contribution >= 0.6 is 15.9 Å². The molecule has 0 spiro atoms. The van der Waals surface area contributed by atoms with Gasteiger partial charge in [0.15, 0.2) is 5.69 Å². The fourth-order valence-electron chi connectivity index (χ4n) is 2.40. The van der Waals surface area contributed by atoms with Crippen LogP contribution in [0.1, 0.15) is 48.8 Å². The van der Waals surface area contributed by atoms with Crippen molar-refractivity contribution in [3.05, 3.63) is 69.7 Å². The Morgan fingerprint density at radius 1 is 1.33 bits per heavy atom. The summed E-state index contributed by atoms with van der Waals surface area (Å²) in [5, 5.41) is 3.25. The molecular weight excluding hydrogens is 411 g/mol. The van der Waals surface area contributed by atoms with E-state index in [0.29, 0.717) is 18.7 Å². The van der Waals surface area contributed by atoms with Crippen LogP contribution in [-0.4, -0.2) is 23.6 Å². The number of hydrogen-bond acceptors (Lipinski definition) is 4. The van der Waals surface area contributed by atoms with E-state index < -0.39 is 5.97 Å². The van der Waals surface area contributed by atoms with Crippen LogP contribution in [0.2, 0.25) is 0 Å². The fraction of sp³-hybridized carbons (Fsp3) is 0.333. The van der Waals surface area contributed by atoms with E-state index in [9.17, 15) is 9.18 Å². The minimum absolute atomic E-state index is 0.224. The van der Waals surface area contributed by atoms with Crippen molar-refractivity contribution in [1.82, 2.24) is 4.98 Å². The molecule has 0 aliphatic rings. The van der Waals surface area contributed by atoms with Gasteiger partial charge in [0.05, 0.1) is 11.8 Å². The number of nitrogens with zero attached hydrogens (tertiary/aromatic N) is 1. The van der Waals surface area contributed by atoms with Gasteiger partial charge in [0.2, 0.25) is 0 Å². The smallest absolute Gasteiger partial charge is 0.359 e. The molecule has 0 unspecified atom stereocenters. The van der Waals surface area contributed by atoms with Crippen LogP contribution in [0.15, 0.2) is 47.1 Å². The molecule has 1 N–H and O–H groups in total. The average molecular weight is 435 g/mol. The highest BCUT2D eigenvalue weighted by molar-refractivity contribution is 9.10. The van der Waals surface area contributed by atoms with Gasteiger partial charge in [-0.3, -0.25) is 0 Å². The molecule has 144 valence electrons. The third kappa shape index (κ3) is 5.89. The van der Waals surface area contributed by atoms with Gasteiger partial charge >= 0.3 is 5.97 Å². The SMILES string of the molecule is C=C(CC)CNc1c(C(=O)OC(C)C)ncc(Cc2ccc(F)cc2)c1Br. The van der Waals surface area contributed by atoms with Crippen molar-refractivity contribution >= 4 is 27.6 Å². The van der Waals surface area contributed by atoms with E-state index in [0.717, 1.165) is 27.6 Å². The number of rotatable bonds is 8. The van der Waals surface area contributed by atoms with Gasteiger partial charge in [0.25, 0.3) is 0 Å². The van der Waals surface area contributed by atoms with Crippen LogP contribution in [0.3, 0.4) is 0 Å². The molecule has 1 heterocycles. The Kier molecular flexibility index (Phi) is 7.54. The second-order valence-electron chi connectivity index (χ2n) is 6.54. The molecule has 1 aromatic carbocycles. The Morgan fingerprint density at radius 2 is 2.00 bits per heavy atom. The first-order valence-corrected chi connectivity index (χ1v) is 9.64. The molecule has 0 atom stereocenters. The van der Waals surface area contributed by atoms with Crippen LogP contribution in [0, 0.1) is 5.82 Å². The molecule has 27 heavy (non-hydrogen) atoms. The van der Waals surface area contributed by atoms with Gasteiger partial charge in [-0.1, -0.05) is 31.2 Å². The standard InChI is InChI=1S/C21H24BrFN2O2/c1-5-14(4)11-24-19-18(22)16(10-15-6-8-17(23)9-7-15)12-25-20(19)21(26)27-13(2)3/h6-9,12-13,24H,4-5,10-11H2,1-3H3. The monoisotopic (exact) mass is 434 g/mol. The van der Waals surface area contributed by atoms with E-state index in [1.165, 1.54) is 12.1 Å². The molecule has 1 aromatic heterocycles. The van der Waals surface area contributed by atoms with E-state index in [2.05, 4.69) is 32.8 Å². The Balaban J connectivity index is 2.37. The highest BCUT2D eigenvalue weighted by Crippen LogP contribution is 2.31. The van der Waals surface area contributed by atoms with Crippen LogP contribution in [0.5, 0.6) is 0 Å². The highest BCUT2D eigenvalue weighted by atomic mass is 79.9. The maximum atomic E-state index is 13.1. The normalized spacial score (nSPS) is 10.7. The van der Waals surface area contributed by atoms with Gasteiger partial charge in [0, 0.05) is 23.6 Å². The average Bonchev–Trinajstić information content (AvgIpc) is 2.63. The van der Waals surface area contributed by atoms with Crippen molar-refractivity contribution in [3.63, 3.8) is 0 Å². The van der Waals surface area contributed by atoms with E-state index in [4.69, 9.17) is 4.74 Å². The lowest BCUT2D eigenvalue weighted by atomic mass is 10.1. The molecule has 0 saturated carbocycles. The van der Waals surface area contributed by atoms with Gasteiger partial charge in [0.1, 0.15) is 5.82 Å². The summed E-state index contributed by atoms with van der Waals surface area (Å²) in [6.07, 6.45) is 2.79. The van der Waals surface area contributed by atoms with E-state index in [-0.39, 0.29) is 17.6 Å². The number of halogens is 2. The Hall–Kier alpha value is -2.21. The third-order valence-corrected chi connectivity index (χ3v) is 4.85. The molecule has 0 aliphatic heterocycles. The lowest BCUT2D eigenvalue weighted by Crippen LogP contribution is -2.17. The molecule has 4 nitrogen and oxygen atoms in total. The minimum Gasteiger partial charge on any atom is -0.458 e. The van der Waals surface area contributed by atoms with Crippen LogP contribution in [0.4, 0.5) is 10.1 Å². The van der Waals surface area contributed by atoms with Crippen molar-refractivity contribution in [3.8, 4) is 0 Å². The topological polar surface area (TPSA) is 51.2 Å². The van der Waals surface area contributed by atoms with Crippen molar-refractivity contribution in [2.75, 3.05) is 11.9 Å². The van der Waals surface area contributed by atoms with Crippen LogP contribution in [-0.2, 0) is 11.2 Å². The number of carbonyl (C=O) groups excluding carboxylic acids is 1. The molecule has 6 heteroatoms. The molecular formula is C21H24BrFN2O2. The molecule has 0 fully saturated rings.